The van der Waals surface area contributed by atoms with Gasteiger partial charge < -0.3 is 25.4 Å². The number of aromatic nitrogens is 2. The second kappa shape index (κ2) is 13.1. The Morgan fingerprint density at radius 2 is 2.10 bits per heavy atom. The summed E-state index contributed by atoms with van der Waals surface area (Å²) in [6.07, 6.45) is 3.67. The fourth-order valence-corrected chi connectivity index (χ4v) is 4.98. The maximum absolute atomic E-state index is 12.2. The molecule has 9 nitrogen and oxygen atoms in total. The zero-order valence-corrected chi connectivity index (χ0v) is 24.1. The van der Waals surface area contributed by atoms with Gasteiger partial charge in [-0.3, -0.25) is 4.79 Å². The van der Waals surface area contributed by atoms with Crippen LogP contribution < -0.4 is 20.3 Å². The first-order valence-corrected chi connectivity index (χ1v) is 13.8. The maximum atomic E-state index is 12.2. The van der Waals surface area contributed by atoms with Gasteiger partial charge in [0.2, 0.25) is 17.7 Å². The lowest BCUT2D eigenvalue weighted by molar-refractivity contribution is -0.121. The summed E-state index contributed by atoms with van der Waals surface area (Å²) in [6.45, 7) is 5.20. The number of aliphatic hydroxyl groups excluding tert-OH is 1. The lowest BCUT2D eigenvalue weighted by Crippen LogP contribution is -2.39. The first-order chi connectivity index (χ1) is 18.7. The highest BCUT2D eigenvalue weighted by Crippen LogP contribution is 2.36. The van der Waals surface area contributed by atoms with Crippen LogP contribution in [0.4, 0.5) is 11.6 Å². The van der Waals surface area contributed by atoms with Crippen LogP contribution in [0, 0.1) is 18.3 Å². The molecule has 1 amide bonds. The van der Waals surface area contributed by atoms with Gasteiger partial charge in [-0.05, 0) is 78.0 Å². The van der Waals surface area contributed by atoms with Gasteiger partial charge in [0.25, 0.3) is 0 Å². The van der Waals surface area contributed by atoms with Gasteiger partial charge in [0.1, 0.15) is 0 Å². The van der Waals surface area contributed by atoms with Crippen molar-refractivity contribution in [3.8, 4) is 17.7 Å². The van der Waals surface area contributed by atoms with Gasteiger partial charge >= 0.3 is 0 Å². The van der Waals surface area contributed by atoms with Crippen molar-refractivity contribution in [2.75, 3.05) is 29.9 Å². The zero-order valence-electron chi connectivity index (χ0n) is 21.7. The maximum Gasteiger partial charge on any atom is 0.238 e. The van der Waals surface area contributed by atoms with E-state index in [1.807, 2.05) is 19.1 Å². The van der Waals surface area contributed by atoms with Crippen LogP contribution in [0.15, 0.2) is 47.1 Å². The molecule has 0 radical (unpaired) electrons. The van der Waals surface area contributed by atoms with E-state index < -0.39 is 0 Å². The van der Waals surface area contributed by atoms with Crippen molar-refractivity contribution in [2.45, 2.75) is 45.2 Å². The Balaban J connectivity index is 1.36. The molecular formula is C28H30BrClN6O3. The molecule has 1 aliphatic heterocycles. The third-order valence-electron chi connectivity index (χ3n) is 6.42. The Kier molecular flexibility index (Phi) is 9.62. The van der Waals surface area contributed by atoms with Crippen molar-refractivity contribution in [1.29, 1.82) is 5.26 Å². The van der Waals surface area contributed by atoms with E-state index in [4.69, 9.17) is 26.7 Å². The number of ether oxygens (including phenoxy) is 1. The summed E-state index contributed by atoms with van der Waals surface area (Å²) in [5, 5.41) is 24.8. The van der Waals surface area contributed by atoms with E-state index in [9.17, 15) is 4.79 Å². The fourth-order valence-electron chi connectivity index (χ4n) is 4.40. The van der Waals surface area contributed by atoms with Crippen LogP contribution in [0.25, 0.3) is 0 Å². The molecule has 0 aliphatic carbocycles. The molecule has 1 fully saturated rings. The predicted molar refractivity (Wildman–Crippen MR) is 154 cm³/mol. The molecule has 4 rings (SSSR count). The van der Waals surface area contributed by atoms with Gasteiger partial charge in [0, 0.05) is 30.9 Å². The van der Waals surface area contributed by atoms with Crippen LogP contribution in [0.5, 0.6) is 11.6 Å². The zero-order chi connectivity index (χ0) is 27.9. The molecule has 3 N–H and O–H groups in total. The number of aryl methyl sites for hydroxylation is 1. The molecule has 0 spiro atoms. The van der Waals surface area contributed by atoms with E-state index in [0.717, 1.165) is 42.7 Å². The summed E-state index contributed by atoms with van der Waals surface area (Å²) >= 11 is 9.80. The van der Waals surface area contributed by atoms with Gasteiger partial charge in [0.15, 0.2) is 5.75 Å². The van der Waals surface area contributed by atoms with E-state index in [1.165, 1.54) is 0 Å². The minimum Gasteiger partial charge on any atom is -0.436 e. The molecule has 2 heterocycles. The molecule has 1 saturated heterocycles. The number of anilines is 2. The SMILES string of the molecule is Cc1cc(C#N)cc(Cl)c1Oc1nc(NC2CCN(c3cccc(CC(=O)NC(C)CO)c3)CC2)ncc1Br. The number of carbonyl (C=O) groups excluding carboxylic acids is 1. The summed E-state index contributed by atoms with van der Waals surface area (Å²) in [5.41, 5.74) is 3.21. The summed E-state index contributed by atoms with van der Waals surface area (Å²) < 4.78 is 6.60. The minimum absolute atomic E-state index is 0.0838. The fraction of sp³-hybridized carbons (Fsp3) is 0.357. The average Bonchev–Trinajstić information content (AvgIpc) is 2.92. The van der Waals surface area contributed by atoms with Crippen molar-refractivity contribution in [2.24, 2.45) is 0 Å². The molecule has 1 unspecified atom stereocenters. The molecule has 2 aromatic carbocycles. The Morgan fingerprint density at radius 3 is 2.79 bits per heavy atom. The average molecular weight is 614 g/mol. The molecule has 1 atom stereocenters. The normalized spacial score (nSPS) is 14.4. The highest BCUT2D eigenvalue weighted by atomic mass is 79.9. The largest absolute Gasteiger partial charge is 0.436 e. The lowest BCUT2D eigenvalue weighted by atomic mass is 10.0. The van der Waals surface area contributed by atoms with Gasteiger partial charge in [0.05, 0.1) is 40.4 Å². The van der Waals surface area contributed by atoms with Crippen molar-refractivity contribution in [3.63, 3.8) is 0 Å². The van der Waals surface area contributed by atoms with Crippen molar-refractivity contribution < 1.29 is 14.6 Å². The molecule has 0 saturated carbocycles. The number of benzene rings is 2. The number of amides is 1. The number of hydrogen-bond acceptors (Lipinski definition) is 8. The third kappa shape index (κ3) is 7.60. The number of nitrogens with zero attached hydrogens (tertiary/aromatic N) is 4. The standard InChI is InChI=1S/C28H30BrClN6O3/c1-17-10-20(14-31)12-24(30)26(17)39-27-23(29)15-32-28(35-27)34-21-6-8-36(9-7-21)22-5-3-4-19(11-22)13-25(38)33-18(2)16-37/h3-5,10-12,15,18,21,37H,6-9,13,16H2,1-2H3,(H,33,38)(H,32,34,35). The molecular weight excluding hydrogens is 584 g/mol. The van der Waals surface area contributed by atoms with Crippen LogP contribution in [-0.2, 0) is 11.2 Å². The minimum atomic E-state index is -0.262. The highest BCUT2D eigenvalue weighted by molar-refractivity contribution is 9.10. The number of aliphatic hydroxyl groups is 1. The summed E-state index contributed by atoms with van der Waals surface area (Å²) in [4.78, 5) is 23.5. The van der Waals surface area contributed by atoms with Crippen molar-refractivity contribution in [3.05, 3.63) is 68.8 Å². The van der Waals surface area contributed by atoms with E-state index in [1.54, 1.807) is 25.3 Å². The Labute approximate surface area is 241 Å². The monoisotopic (exact) mass is 612 g/mol. The number of rotatable bonds is 9. The number of nitriles is 1. The molecule has 0 bridgehead atoms. The highest BCUT2D eigenvalue weighted by Gasteiger charge is 2.21. The molecule has 39 heavy (non-hydrogen) atoms. The molecule has 3 aromatic rings. The lowest BCUT2D eigenvalue weighted by Gasteiger charge is -2.34. The quantitative estimate of drug-likeness (QED) is 0.309. The Hall–Kier alpha value is -3.39. The van der Waals surface area contributed by atoms with E-state index in [-0.39, 0.29) is 31.0 Å². The van der Waals surface area contributed by atoms with E-state index in [2.05, 4.69) is 59.6 Å². The van der Waals surface area contributed by atoms with Crippen LogP contribution in [-0.4, -0.2) is 52.8 Å². The van der Waals surface area contributed by atoms with Crippen LogP contribution in [0.3, 0.4) is 0 Å². The van der Waals surface area contributed by atoms with Gasteiger partial charge in [-0.15, -0.1) is 0 Å². The number of carbonyl (C=O) groups is 1. The first kappa shape index (κ1) is 28.6. The molecule has 11 heteroatoms. The Morgan fingerprint density at radius 1 is 1.33 bits per heavy atom. The van der Waals surface area contributed by atoms with E-state index in [0.29, 0.717) is 32.6 Å². The molecule has 1 aliphatic rings. The van der Waals surface area contributed by atoms with Crippen LogP contribution in [0.1, 0.15) is 36.5 Å². The summed E-state index contributed by atoms with van der Waals surface area (Å²) in [6, 6.07) is 13.3. The molecule has 1 aromatic heterocycles. The summed E-state index contributed by atoms with van der Waals surface area (Å²) in [5.74, 6) is 1.12. The van der Waals surface area contributed by atoms with Crippen LogP contribution >= 0.6 is 27.5 Å². The predicted octanol–water partition coefficient (Wildman–Crippen LogP) is 4.99. The smallest absolute Gasteiger partial charge is 0.238 e. The van der Waals surface area contributed by atoms with E-state index >= 15 is 0 Å². The first-order valence-electron chi connectivity index (χ1n) is 12.7. The number of nitrogens with one attached hydrogen (secondary N) is 2. The van der Waals surface area contributed by atoms with Crippen molar-refractivity contribution >= 4 is 45.1 Å². The number of piperidine rings is 1. The van der Waals surface area contributed by atoms with Gasteiger partial charge in [-0.2, -0.15) is 10.2 Å². The number of hydrogen-bond donors (Lipinski definition) is 3. The second-order valence-corrected chi connectivity index (χ2v) is 10.8. The number of halogens is 2. The molecule has 204 valence electrons. The topological polar surface area (TPSA) is 123 Å². The van der Waals surface area contributed by atoms with Crippen molar-refractivity contribution in [1.82, 2.24) is 15.3 Å². The second-order valence-electron chi connectivity index (χ2n) is 9.57. The van der Waals surface area contributed by atoms with Crippen LogP contribution in [0.2, 0.25) is 5.02 Å². The third-order valence-corrected chi connectivity index (χ3v) is 7.24. The Bertz CT molecular complexity index is 1350. The van der Waals surface area contributed by atoms with Gasteiger partial charge in [-0.1, -0.05) is 23.7 Å². The van der Waals surface area contributed by atoms with Gasteiger partial charge in [-0.25, -0.2) is 4.98 Å². The summed E-state index contributed by atoms with van der Waals surface area (Å²) in [7, 11) is 0.